The number of aryl methyl sites for hydroxylation is 2. The van der Waals surface area contributed by atoms with Crippen LogP contribution in [0.2, 0.25) is 0 Å². The van der Waals surface area contributed by atoms with E-state index in [9.17, 15) is 14.9 Å². The second-order valence-electron chi connectivity index (χ2n) is 3.71. The minimum Gasteiger partial charge on any atom is -0.466 e. The van der Waals surface area contributed by atoms with Crippen molar-refractivity contribution in [2.24, 2.45) is 0 Å². The summed E-state index contributed by atoms with van der Waals surface area (Å²) >= 11 is 0. The second kappa shape index (κ2) is 5.47. The summed E-state index contributed by atoms with van der Waals surface area (Å²) in [6.45, 7) is 5.34. The minimum atomic E-state index is -1.40. The lowest BCUT2D eigenvalue weighted by molar-refractivity contribution is -0.510. The first-order chi connectivity index (χ1) is 7.95. The van der Waals surface area contributed by atoms with Crippen LogP contribution < -0.4 is 0 Å². The van der Waals surface area contributed by atoms with Gasteiger partial charge in [0, 0.05) is 4.92 Å². The van der Waals surface area contributed by atoms with Crippen molar-refractivity contribution in [3.8, 4) is 0 Å². The fraction of sp³-hybridized carbons (Fsp3) is 0.545. The van der Waals surface area contributed by atoms with Gasteiger partial charge in [0.1, 0.15) is 11.5 Å². The third kappa shape index (κ3) is 3.30. The summed E-state index contributed by atoms with van der Waals surface area (Å²) < 4.78 is 9.96. The number of carbonyl (C=O) groups is 1. The number of hydrogen-bond acceptors (Lipinski definition) is 5. The van der Waals surface area contributed by atoms with Gasteiger partial charge in [0.05, 0.1) is 13.0 Å². The van der Waals surface area contributed by atoms with Gasteiger partial charge >= 0.3 is 12.0 Å². The zero-order chi connectivity index (χ0) is 13.0. The molecule has 0 aliphatic heterocycles. The molecule has 1 rings (SSSR count). The van der Waals surface area contributed by atoms with E-state index in [1.807, 2.05) is 6.92 Å². The summed E-state index contributed by atoms with van der Waals surface area (Å²) in [5.74, 6) is 0.296. The molecule has 1 atom stereocenters. The van der Waals surface area contributed by atoms with Crippen LogP contribution in [0, 0.1) is 24.0 Å². The maximum atomic E-state index is 11.4. The molecule has 0 aliphatic carbocycles. The molecule has 1 heterocycles. The number of furan rings is 1. The number of esters is 1. The minimum absolute atomic E-state index is 0.0828. The third-order valence-corrected chi connectivity index (χ3v) is 2.42. The quantitative estimate of drug-likeness (QED) is 0.444. The van der Waals surface area contributed by atoms with Crippen LogP contribution in [-0.4, -0.2) is 23.5 Å². The highest BCUT2D eigenvalue weighted by Crippen LogP contribution is 2.16. The standard InChI is InChI=1S/C11H15NO5/c1-4-16-11(13)10(12(14)15)6-9-5-7(2)8(3)17-9/h5,10H,4,6H2,1-3H3. The number of carbonyl (C=O) groups excluding carboxylic acids is 1. The molecule has 0 saturated heterocycles. The Hall–Kier alpha value is -1.85. The zero-order valence-electron chi connectivity index (χ0n) is 10.1. The predicted octanol–water partition coefficient (Wildman–Crippen LogP) is 1.65. The van der Waals surface area contributed by atoms with Crippen molar-refractivity contribution in [2.45, 2.75) is 33.2 Å². The molecule has 0 saturated carbocycles. The van der Waals surface area contributed by atoms with Crippen LogP contribution in [0.3, 0.4) is 0 Å². The Labute approximate surface area is 98.7 Å². The molecule has 1 aromatic heterocycles. The molecule has 1 unspecified atom stereocenters. The van der Waals surface area contributed by atoms with Crippen LogP contribution in [0.1, 0.15) is 24.0 Å². The summed E-state index contributed by atoms with van der Waals surface area (Å²) in [6, 6.07) is 0.297. The van der Waals surface area contributed by atoms with E-state index in [4.69, 9.17) is 4.42 Å². The number of nitro groups is 1. The second-order valence-corrected chi connectivity index (χ2v) is 3.71. The maximum absolute atomic E-state index is 11.4. The Bertz CT molecular complexity index is 404. The molecule has 0 aliphatic rings. The van der Waals surface area contributed by atoms with Gasteiger partial charge < -0.3 is 9.15 Å². The Kier molecular flexibility index (Phi) is 4.25. The smallest absolute Gasteiger partial charge is 0.382 e. The number of rotatable bonds is 5. The van der Waals surface area contributed by atoms with E-state index in [0.717, 1.165) is 5.56 Å². The van der Waals surface area contributed by atoms with Gasteiger partial charge in [-0.2, -0.15) is 0 Å². The predicted molar refractivity (Wildman–Crippen MR) is 59.3 cm³/mol. The lowest BCUT2D eigenvalue weighted by Crippen LogP contribution is -2.33. The van der Waals surface area contributed by atoms with E-state index >= 15 is 0 Å². The van der Waals surface area contributed by atoms with Gasteiger partial charge in [-0.05, 0) is 32.4 Å². The summed E-state index contributed by atoms with van der Waals surface area (Å²) in [7, 11) is 0. The van der Waals surface area contributed by atoms with Gasteiger partial charge in [-0.15, -0.1) is 0 Å². The van der Waals surface area contributed by atoms with Crippen molar-refractivity contribution < 1.29 is 18.9 Å². The van der Waals surface area contributed by atoms with Gasteiger partial charge in [-0.3, -0.25) is 10.1 Å². The Morgan fingerprint density at radius 2 is 2.24 bits per heavy atom. The van der Waals surface area contributed by atoms with Crippen LogP contribution >= 0.6 is 0 Å². The molecular formula is C11H15NO5. The van der Waals surface area contributed by atoms with Crippen LogP contribution in [0.25, 0.3) is 0 Å². The average molecular weight is 241 g/mol. The van der Waals surface area contributed by atoms with Crippen LogP contribution in [0.15, 0.2) is 10.5 Å². The van der Waals surface area contributed by atoms with E-state index < -0.39 is 16.9 Å². The topological polar surface area (TPSA) is 82.6 Å². The molecule has 6 heteroatoms. The van der Waals surface area contributed by atoms with Gasteiger partial charge in [-0.1, -0.05) is 0 Å². The van der Waals surface area contributed by atoms with Crippen molar-refractivity contribution >= 4 is 5.97 Å². The molecule has 0 spiro atoms. The number of hydrogen-bond donors (Lipinski definition) is 0. The first kappa shape index (κ1) is 13.2. The molecule has 0 fully saturated rings. The third-order valence-electron chi connectivity index (χ3n) is 2.42. The SMILES string of the molecule is CCOC(=O)C(Cc1cc(C)c(C)o1)[N+](=O)[O-]. The van der Waals surface area contributed by atoms with Crippen LogP contribution in [0.5, 0.6) is 0 Å². The first-order valence-corrected chi connectivity index (χ1v) is 5.31. The molecule has 0 bridgehead atoms. The lowest BCUT2D eigenvalue weighted by atomic mass is 10.1. The fourth-order valence-corrected chi connectivity index (χ4v) is 1.42. The van der Waals surface area contributed by atoms with E-state index in [2.05, 4.69) is 4.74 Å². The van der Waals surface area contributed by atoms with E-state index in [1.54, 1.807) is 19.9 Å². The van der Waals surface area contributed by atoms with E-state index in [1.165, 1.54) is 0 Å². The van der Waals surface area contributed by atoms with Crippen molar-refractivity contribution in [1.82, 2.24) is 0 Å². The molecule has 0 radical (unpaired) electrons. The highest BCUT2D eigenvalue weighted by Gasteiger charge is 2.32. The summed E-state index contributed by atoms with van der Waals surface area (Å²) in [6.07, 6.45) is -0.0828. The average Bonchev–Trinajstić information content (AvgIpc) is 2.54. The summed E-state index contributed by atoms with van der Waals surface area (Å²) in [4.78, 5) is 21.5. The van der Waals surface area contributed by atoms with Crippen molar-refractivity contribution in [3.63, 3.8) is 0 Å². The zero-order valence-corrected chi connectivity index (χ0v) is 10.1. The summed E-state index contributed by atoms with van der Waals surface area (Å²) in [5.41, 5.74) is 0.908. The molecular weight excluding hydrogens is 226 g/mol. The Balaban J connectivity index is 2.80. The fourth-order valence-electron chi connectivity index (χ4n) is 1.42. The normalized spacial score (nSPS) is 12.2. The number of nitrogens with zero attached hydrogens (tertiary/aromatic N) is 1. The maximum Gasteiger partial charge on any atom is 0.382 e. The molecule has 0 aromatic carbocycles. The molecule has 17 heavy (non-hydrogen) atoms. The molecule has 1 aromatic rings. The van der Waals surface area contributed by atoms with Crippen molar-refractivity contribution in [2.75, 3.05) is 6.61 Å². The first-order valence-electron chi connectivity index (χ1n) is 5.31. The molecule has 94 valence electrons. The van der Waals surface area contributed by atoms with Crippen molar-refractivity contribution in [3.05, 3.63) is 33.3 Å². The summed E-state index contributed by atoms with van der Waals surface area (Å²) in [5, 5.41) is 10.8. The molecule has 6 nitrogen and oxygen atoms in total. The monoisotopic (exact) mass is 241 g/mol. The molecule has 0 N–H and O–H groups in total. The van der Waals surface area contributed by atoms with Gasteiger partial charge in [0.2, 0.25) is 0 Å². The van der Waals surface area contributed by atoms with Gasteiger partial charge in [0.25, 0.3) is 0 Å². The Morgan fingerprint density at radius 1 is 1.59 bits per heavy atom. The number of ether oxygens (including phenoxy) is 1. The lowest BCUT2D eigenvalue weighted by Gasteiger charge is -2.06. The van der Waals surface area contributed by atoms with Crippen molar-refractivity contribution in [1.29, 1.82) is 0 Å². The molecule has 0 amide bonds. The largest absolute Gasteiger partial charge is 0.466 e. The van der Waals surface area contributed by atoms with Crippen LogP contribution in [-0.2, 0) is 16.0 Å². The van der Waals surface area contributed by atoms with E-state index in [-0.39, 0.29) is 13.0 Å². The highest BCUT2D eigenvalue weighted by molar-refractivity contribution is 5.74. The Morgan fingerprint density at radius 3 is 2.65 bits per heavy atom. The highest BCUT2D eigenvalue weighted by atomic mass is 16.6. The van der Waals surface area contributed by atoms with Gasteiger partial charge in [0.15, 0.2) is 0 Å². The van der Waals surface area contributed by atoms with E-state index in [0.29, 0.717) is 11.5 Å². The van der Waals surface area contributed by atoms with Gasteiger partial charge in [-0.25, -0.2) is 4.79 Å². The van der Waals surface area contributed by atoms with Crippen LogP contribution in [0.4, 0.5) is 0 Å².